The zero-order chi connectivity index (χ0) is 7.68. The Morgan fingerprint density at radius 3 is 2.82 bits per heavy atom. The molecule has 64 valence electrons. The second-order valence-corrected chi connectivity index (χ2v) is 3.46. The van der Waals surface area contributed by atoms with Gasteiger partial charge in [-0.05, 0) is 19.4 Å². The molecule has 1 atom stereocenters. The van der Waals surface area contributed by atoms with Gasteiger partial charge in [0.25, 0.3) is 0 Å². The van der Waals surface area contributed by atoms with E-state index in [0.717, 1.165) is 19.8 Å². The molecule has 2 fully saturated rings. The van der Waals surface area contributed by atoms with Crippen molar-refractivity contribution in [3.8, 4) is 0 Å². The van der Waals surface area contributed by atoms with Crippen molar-refractivity contribution in [2.24, 2.45) is 5.73 Å². The highest BCUT2D eigenvalue weighted by atomic mass is 16.5. The average molecular weight is 156 g/mol. The van der Waals surface area contributed by atoms with Crippen molar-refractivity contribution in [2.75, 3.05) is 26.3 Å². The number of nitrogens with two attached hydrogens (primary N) is 1. The number of likely N-dealkylation sites (tertiary alicyclic amines) is 1. The molecule has 11 heavy (non-hydrogen) atoms. The third-order valence-electron chi connectivity index (χ3n) is 2.78. The van der Waals surface area contributed by atoms with Crippen molar-refractivity contribution >= 4 is 0 Å². The van der Waals surface area contributed by atoms with Gasteiger partial charge in [-0.15, -0.1) is 0 Å². The maximum atomic E-state index is 5.66. The molecule has 0 aromatic rings. The van der Waals surface area contributed by atoms with E-state index in [1.807, 2.05) is 0 Å². The molecule has 0 saturated carbocycles. The van der Waals surface area contributed by atoms with E-state index in [1.165, 1.54) is 19.4 Å². The van der Waals surface area contributed by atoms with Gasteiger partial charge >= 0.3 is 0 Å². The molecule has 2 rings (SSSR count). The van der Waals surface area contributed by atoms with Gasteiger partial charge in [0, 0.05) is 12.6 Å². The lowest BCUT2D eigenvalue weighted by atomic mass is 10.1. The molecule has 3 heteroatoms. The highest BCUT2D eigenvalue weighted by Crippen LogP contribution is 2.22. The van der Waals surface area contributed by atoms with Crippen LogP contribution < -0.4 is 5.73 Å². The summed E-state index contributed by atoms with van der Waals surface area (Å²) in [7, 11) is 0. The molecule has 0 amide bonds. The zero-order valence-electron chi connectivity index (χ0n) is 6.83. The monoisotopic (exact) mass is 156 g/mol. The van der Waals surface area contributed by atoms with Crippen LogP contribution in [0, 0.1) is 0 Å². The maximum Gasteiger partial charge on any atom is 0.0645 e. The molecule has 0 aromatic carbocycles. The van der Waals surface area contributed by atoms with Crippen molar-refractivity contribution in [1.29, 1.82) is 0 Å². The van der Waals surface area contributed by atoms with Crippen LogP contribution in [-0.4, -0.2) is 43.3 Å². The third kappa shape index (κ3) is 1.28. The molecule has 0 bridgehead atoms. The number of hydrogen-bond acceptors (Lipinski definition) is 3. The number of hydrogen-bond donors (Lipinski definition) is 1. The van der Waals surface area contributed by atoms with Crippen LogP contribution in [0.2, 0.25) is 0 Å². The van der Waals surface area contributed by atoms with Gasteiger partial charge in [0.15, 0.2) is 0 Å². The molecule has 0 aromatic heterocycles. The Kier molecular flexibility index (Phi) is 2.11. The Bertz CT molecular complexity index is 136. The summed E-state index contributed by atoms with van der Waals surface area (Å²) in [5, 5.41) is 0. The highest BCUT2D eigenvalue weighted by Gasteiger charge is 2.33. The predicted octanol–water partition coefficient (Wildman–Crippen LogP) is -0.192. The highest BCUT2D eigenvalue weighted by molar-refractivity contribution is 4.88. The predicted molar refractivity (Wildman–Crippen MR) is 43.4 cm³/mol. The van der Waals surface area contributed by atoms with Gasteiger partial charge in [-0.3, -0.25) is 4.90 Å². The molecule has 2 aliphatic rings. The minimum absolute atomic E-state index is 0.642. The second-order valence-electron chi connectivity index (χ2n) is 3.46. The van der Waals surface area contributed by atoms with Crippen molar-refractivity contribution < 1.29 is 4.74 Å². The first-order valence-electron chi connectivity index (χ1n) is 4.45. The van der Waals surface area contributed by atoms with Crippen LogP contribution >= 0.6 is 0 Å². The molecule has 2 aliphatic heterocycles. The summed E-state index contributed by atoms with van der Waals surface area (Å²) < 4.78 is 5.16. The van der Waals surface area contributed by atoms with E-state index in [4.69, 9.17) is 10.5 Å². The van der Waals surface area contributed by atoms with Crippen molar-refractivity contribution in [2.45, 2.75) is 24.9 Å². The summed E-state index contributed by atoms with van der Waals surface area (Å²) in [6.07, 6.45) is 2.60. The lowest BCUT2D eigenvalue weighted by Gasteiger charge is -2.37. The first-order valence-corrected chi connectivity index (χ1v) is 4.45. The summed E-state index contributed by atoms with van der Waals surface area (Å²) in [5.41, 5.74) is 5.66. The van der Waals surface area contributed by atoms with Gasteiger partial charge in [-0.2, -0.15) is 0 Å². The Labute approximate surface area is 67.5 Å². The Balaban J connectivity index is 1.89. The topological polar surface area (TPSA) is 38.5 Å². The van der Waals surface area contributed by atoms with E-state index < -0.39 is 0 Å². The average Bonchev–Trinajstić information content (AvgIpc) is 2.32. The smallest absolute Gasteiger partial charge is 0.0645 e. The molecule has 0 spiro atoms. The minimum Gasteiger partial charge on any atom is -0.378 e. The Morgan fingerprint density at radius 1 is 1.45 bits per heavy atom. The van der Waals surface area contributed by atoms with E-state index in [0.29, 0.717) is 12.1 Å². The fourth-order valence-corrected chi connectivity index (χ4v) is 2.01. The van der Waals surface area contributed by atoms with Gasteiger partial charge in [0.2, 0.25) is 0 Å². The normalized spacial score (nSPS) is 34.1. The van der Waals surface area contributed by atoms with Crippen molar-refractivity contribution in [1.82, 2.24) is 4.90 Å². The van der Waals surface area contributed by atoms with E-state index in [-0.39, 0.29) is 0 Å². The van der Waals surface area contributed by atoms with Crippen LogP contribution in [0.15, 0.2) is 0 Å². The summed E-state index contributed by atoms with van der Waals surface area (Å²) in [5.74, 6) is 0. The SMILES string of the molecule is NCC1CCCN1C1COC1. The molecule has 2 N–H and O–H groups in total. The molecule has 0 aliphatic carbocycles. The van der Waals surface area contributed by atoms with Crippen LogP contribution in [-0.2, 0) is 4.74 Å². The van der Waals surface area contributed by atoms with Gasteiger partial charge in [-0.25, -0.2) is 0 Å². The third-order valence-corrected chi connectivity index (χ3v) is 2.78. The van der Waals surface area contributed by atoms with Crippen LogP contribution in [0.25, 0.3) is 0 Å². The Morgan fingerprint density at radius 2 is 2.27 bits per heavy atom. The minimum atomic E-state index is 0.642. The van der Waals surface area contributed by atoms with Gasteiger partial charge in [0.05, 0.1) is 19.3 Å². The molecule has 0 radical (unpaired) electrons. The van der Waals surface area contributed by atoms with E-state index in [1.54, 1.807) is 0 Å². The summed E-state index contributed by atoms with van der Waals surface area (Å²) in [4.78, 5) is 2.52. The van der Waals surface area contributed by atoms with E-state index >= 15 is 0 Å². The van der Waals surface area contributed by atoms with Gasteiger partial charge in [0.1, 0.15) is 0 Å². The van der Waals surface area contributed by atoms with Crippen LogP contribution in [0.1, 0.15) is 12.8 Å². The standard InChI is InChI=1S/C8H16N2O/c9-4-7-2-1-3-10(7)8-5-11-6-8/h7-8H,1-6,9H2. The van der Waals surface area contributed by atoms with Crippen LogP contribution in [0.3, 0.4) is 0 Å². The maximum absolute atomic E-state index is 5.66. The van der Waals surface area contributed by atoms with Crippen LogP contribution in [0.4, 0.5) is 0 Å². The number of nitrogens with zero attached hydrogens (tertiary/aromatic N) is 1. The fraction of sp³-hybridized carbons (Fsp3) is 1.00. The lowest BCUT2D eigenvalue weighted by molar-refractivity contribution is -0.0680. The van der Waals surface area contributed by atoms with E-state index in [9.17, 15) is 0 Å². The molecule has 3 nitrogen and oxygen atoms in total. The molecule has 2 heterocycles. The van der Waals surface area contributed by atoms with E-state index in [2.05, 4.69) is 4.90 Å². The molecular weight excluding hydrogens is 140 g/mol. The number of ether oxygens (including phenoxy) is 1. The quantitative estimate of drug-likeness (QED) is 0.602. The Hall–Kier alpha value is -0.120. The lowest BCUT2D eigenvalue weighted by Crippen LogP contribution is -2.52. The largest absolute Gasteiger partial charge is 0.378 e. The van der Waals surface area contributed by atoms with Crippen LogP contribution in [0.5, 0.6) is 0 Å². The fourth-order valence-electron chi connectivity index (χ4n) is 2.01. The first-order chi connectivity index (χ1) is 5.42. The van der Waals surface area contributed by atoms with Crippen molar-refractivity contribution in [3.05, 3.63) is 0 Å². The van der Waals surface area contributed by atoms with Gasteiger partial charge < -0.3 is 10.5 Å². The summed E-state index contributed by atoms with van der Waals surface area (Å²) >= 11 is 0. The first kappa shape index (κ1) is 7.53. The zero-order valence-corrected chi connectivity index (χ0v) is 6.83. The molecular formula is C8H16N2O. The molecule has 2 saturated heterocycles. The summed E-state index contributed by atoms with van der Waals surface area (Å²) in [6.45, 7) is 3.90. The second kappa shape index (κ2) is 3.09. The summed E-state index contributed by atoms with van der Waals surface area (Å²) in [6, 6.07) is 1.33. The molecule has 1 unspecified atom stereocenters. The van der Waals surface area contributed by atoms with Crippen molar-refractivity contribution in [3.63, 3.8) is 0 Å². The number of rotatable bonds is 2. The van der Waals surface area contributed by atoms with Gasteiger partial charge in [-0.1, -0.05) is 0 Å².